The molecular weight excluding hydrogens is 269 g/mol. The van der Waals surface area contributed by atoms with Crippen molar-refractivity contribution in [1.82, 2.24) is 0 Å². The van der Waals surface area contributed by atoms with Crippen LogP contribution in [0.4, 0.5) is 10.1 Å². The van der Waals surface area contributed by atoms with Gasteiger partial charge in [-0.05, 0) is 47.5 Å². The van der Waals surface area contributed by atoms with Crippen LogP contribution in [0.25, 0.3) is 11.6 Å². The summed E-state index contributed by atoms with van der Waals surface area (Å²) in [6, 6.07) is 10.1. The molecule has 0 saturated carbocycles. The Morgan fingerprint density at radius 2 is 2.10 bits per heavy atom. The van der Waals surface area contributed by atoms with Crippen LogP contribution in [0.2, 0.25) is 0 Å². The van der Waals surface area contributed by atoms with E-state index < -0.39 is 0 Å². The van der Waals surface area contributed by atoms with Gasteiger partial charge in [-0.2, -0.15) is 0 Å². The molecule has 0 unspecified atom stereocenters. The summed E-state index contributed by atoms with van der Waals surface area (Å²) in [4.78, 5) is 12.1. The van der Waals surface area contributed by atoms with Crippen LogP contribution in [-0.4, -0.2) is 12.5 Å². The van der Waals surface area contributed by atoms with E-state index in [-0.39, 0.29) is 11.7 Å². The van der Waals surface area contributed by atoms with Gasteiger partial charge in [0.25, 0.3) is 5.91 Å². The first-order valence-electron chi connectivity index (χ1n) is 6.79. The van der Waals surface area contributed by atoms with Crippen LogP contribution >= 0.6 is 0 Å². The Bertz CT molecular complexity index is 795. The van der Waals surface area contributed by atoms with E-state index in [1.807, 2.05) is 18.2 Å². The molecule has 0 aromatic heterocycles. The molecule has 3 nitrogen and oxygen atoms in total. The number of ether oxygens (including phenoxy) is 1. The van der Waals surface area contributed by atoms with E-state index in [2.05, 4.69) is 5.32 Å². The first kappa shape index (κ1) is 12.1. The summed E-state index contributed by atoms with van der Waals surface area (Å²) in [5.74, 6) is 0.352. The number of hydrogen-bond donors (Lipinski definition) is 1. The number of hydrogen-bond acceptors (Lipinski definition) is 2. The van der Waals surface area contributed by atoms with Crippen molar-refractivity contribution in [2.24, 2.45) is 0 Å². The Balaban J connectivity index is 1.80. The highest BCUT2D eigenvalue weighted by atomic mass is 19.1. The van der Waals surface area contributed by atoms with Gasteiger partial charge in [-0.15, -0.1) is 0 Å². The summed E-state index contributed by atoms with van der Waals surface area (Å²) >= 11 is 0. The summed E-state index contributed by atoms with van der Waals surface area (Å²) in [7, 11) is 0. The van der Waals surface area contributed by atoms with Crippen LogP contribution in [-0.2, 0) is 11.2 Å². The summed E-state index contributed by atoms with van der Waals surface area (Å²) in [6.07, 6.45) is 2.67. The van der Waals surface area contributed by atoms with E-state index in [9.17, 15) is 9.18 Å². The highest BCUT2D eigenvalue weighted by Crippen LogP contribution is 2.34. The lowest BCUT2D eigenvalue weighted by Crippen LogP contribution is -2.03. The summed E-state index contributed by atoms with van der Waals surface area (Å²) in [5.41, 5.74) is 3.81. The van der Waals surface area contributed by atoms with Crippen LogP contribution in [0.5, 0.6) is 5.75 Å². The van der Waals surface area contributed by atoms with E-state index in [0.717, 1.165) is 23.3 Å². The van der Waals surface area contributed by atoms with Crippen molar-refractivity contribution in [1.29, 1.82) is 0 Å². The predicted octanol–water partition coefficient (Wildman–Crippen LogP) is 3.25. The van der Waals surface area contributed by atoms with Gasteiger partial charge in [-0.3, -0.25) is 4.79 Å². The molecule has 21 heavy (non-hydrogen) atoms. The average Bonchev–Trinajstić information content (AvgIpc) is 3.04. The first-order valence-corrected chi connectivity index (χ1v) is 6.79. The molecule has 2 heterocycles. The third kappa shape index (κ3) is 2.00. The highest BCUT2D eigenvalue weighted by molar-refractivity contribution is 6.34. The van der Waals surface area contributed by atoms with Gasteiger partial charge in [0.05, 0.1) is 6.61 Å². The van der Waals surface area contributed by atoms with E-state index >= 15 is 0 Å². The van der Waals surface area contributed by atoms with Gasteiger partial charge in [0.15, 0.2) is 0 Å². The minimum absolute atomic E-state index is 0.202. The molecule has 0 fully saturated rings. The standard InChI is InChI=1S/C17H12FNO2/c18-12-2-3-15-13(9-12)14(17(20)19-15)8-10-1-4-16-11(7-10)5-6-21-16/h1-4,7-9H,5-6H2,(H,19,20). The third-order valence-electron chi connectivity index (χ3n) is 3.79. The maximum absolute atomic E-state index is 13.4. The smallest absolute Gasteiger partial charge is 0.256 e. The number of anilines is 1. The van der Waals surface area contributed by atoms with Crippen LogP contribution < -0.4 is 10.1 Å². The van der Waals surface area contributed by atoms with Gasteiger partial charge in [0, 0.05) is 23.2 Å². The minimum Gasteiger partial charge on any atom is -0.493 e. The van der Waals surface area contributed by atoms with E-state index in [0.29, 0.717) is 23.4 Å². The van der Waals surface area contributed by atoms with Crippen LogP contribution in [0.3, 0.4) is 0 Å². The molecule has 0 radical (unpaired) electrons. The SMILES string of the molecule is O=C1Nc2ccc(F)cc2C1=Cc1ccc2c(c1)CCO2. The maximum atomic E-state index is 13.4. The van der Waals surface area contributed by atoms with E-state index in [1.165, 1.54) is 12.1 Å². The Morgan fingerprint density at radius 3 is 3.00 bits per heavy atom. The molecule has 104 valence electrons. The summed E-state index contributed by atoms with van der Waals surface area (Å²) < 4.78 is 18.9. The number of carbonyl (C=O) groups is 1. The molecule has 2 aromatic carbocycles. The zero-order chi connectivity index (χ0) is 14.4. The lowest BCUT2D eigenvalue weighted by Gasteiger charge is -2.02. The zero-order valence-corrected chi connectivity index (χ0v) is 11.2. The average molecular weight is 281 g/mol. The Hall–Kier alpha value is -2.62. The molecule has 1 N–H and O–H groups in total. The topological polar surface area (TPSA) is 38.3 Å². The number of carbonyl (C=O) groups excluding carboxylic acids is 1. The monoisotopic (exact) mass is 281 g/mol. The zero-order valence-electron chi connectivity index (χ0n) is 11.2. The number of fused-ring (bicyclic) bond motifs is 2. The second-order valence-electron chi connectivity index (χ2n) is 5.17. The Morgan fingerprint density at radius 1 is 1.19 bits per heavy atom. The lowest BCUT2D eigenvalue weighted by atomic mass is 10.0. The fraction of sp³-hybridized carbons (Fsp3) is 0.118. The molecule has 0 bridgehead atoms. The molecule has 2 aromatic rings. The fourth-order valence-corrected chi connectivity index (χ4v) is 2.77. The Labute approximate surface area is 121 Å². The molecular formula is C17H12FNO2. The number of rotatable bonds is 1. The van der Waals surface area contributed by atoms with Crippen LogP contribution in [0.1, 0.15) is 16.7 Å². The predicted molar refractivity (Wildman–Crippen MR) is 78.5 cm³/mol. The molecule has 1 amide bonds. The van der Waals surface area contributed by atoms with Crippen LogP contribution in [0, 0.1) is 5.82 Å². The third-order valence-corrected chi connectivity index (χ3v) is 3.79. The lowest BCUT2D eigenvalue weighted by molar-refractivity contribution is -0.110. The largest absolute Gasteiger partial charge is 0.493 e. The van der Waals surface area contributed by atoms with Crippen molar-refractivity contribution in [2.75, 3.05) is 11.9 Å². The van der Waals surface area contributed by atoms with Crippen molar-refractivity contribution in [3.63, 3.8) is 0 Å². The molecule has 0 spiro atoms. The van der Waals surface area contributed by atoms with E-state index in [1.54, 1.807) is 12.1 Å². The van der Waals surface area contributed by atoms with Crippen molar-refractivity contribution < 1.29 is 13.9 Å². The quantitative estimate of drug-likeness (QED) is 0.815. The molecule has 4 rings (SSSR count). The first-order chi connectivity index (χ1) is 10.2. The second-order valence-corrected chi connectivity index (χ2v) is 5.17. The highest BCUT2D eigenvalue weighted by Gasteiger charge is 2.24. The normalized spacial score (nSPS) is 17.4. The van der Waals surface area contributed by atoms with Gasteiger partial charge in [-0.1, -0.05) is 6.07 Å². The number of nitrogens with one attached hydrogen (secondary N) is 1. The van der Waals surface area contributed by atoms with Gasteiger partial charge in [0.1, 0.15) is 11.6 Å². The van der Waals surface area contributed by atoms with Crippen molar-refractivity contribution >= 4 is 23.2 Å². The summed E-state index contributed by atoms with van der Waals surface area (Å²) in [6.45, 7) is 0.698. The number of amides is 1. The molecule has 2 aliphatic heterocycles. The maximum Gasteiger partial charge on any atom is 0.256 e. The Kier molecular flexibility index (Phi) is 2.57. The van der Waals surface area contributed by atoms with Gasteiger partial charge in [-0.25, -0.2) is 4.39 Å². The van der Waals surface area contributed by atoms with Gasteiger partial charge in [0.2, 0.25) is 0 Å². The molecule has 0 aliphatic carbocycles. The summed E-state index contributed by atoms with van der Waals surface area (Å²) in [5, 5.41) is 2.75. The van der Waals surface area contributed by atoms with E-state index in [4.69, 9.17) is 4.74 Å². The van der Waals surface area contributed by atoms with Crippen LogP contribution in [0.15, 0.2) is 36.4 Å². The second kappa shape index (κ2) is 4.45. The van der Waals surface area contributed by atoms with Crippen molar-refractivity contribution in [2.45, 2.75) is 6.42 Å². The van der Waals surface area contributed by atoms with Crippen molar-refractivity contribution in [3.05, 3.63) is 58.9 Å². The molecule has 0 saturated heterocycles. The number of benzene rings is 2. The number of halogens is 1. The molecule has 2 aliphatic rings. The minimum atomic E-state index is -0.349. The fourth-order valence-electron chi connectivity index (χ4n) is 2.77. The molecule has 4 heteroatoms. The molecule has 0 atom stereocenters. The van der Waals surface area contributed by atoms with Crippen molar-refractivity contribution in [3.8, 4) is 5.75 Å². The van der Waals surface area contributed by atoms with Gasteiger partial charge >= 0.3 is 0 Å². The van der Waals surface area contributed by atoms with Gasteiger partial charge < -0.3 is 10.1 Å².